The largest absolute Gasteiger partial charge is 0.329 e. The Morgan fingerprint density at radius 1 is 1.57 bits per heavy atom. The van der Waals surface area contributed by atoms with Crippen molar-refractivity contribution in [3.63, 3.8) is 0 Å². The van der Waals surface area contributed by atoms with E-state index in [4.69, 9.17) is 0 Å². The summed E-state index contributed by atoms with van der Waals surface area (Å²) in [5, 5.41) is 0.839. The first-order chi connectivity index (χ1) is 6.85. The Morgan fingerprint density at radius 2 is 2.43 bits per heavy atom. The maximum Gasteiger partial charge on any atom is 0.161 e. The van der Waals surface area contributed by atoms with Gasteiger partial charge >= 0.3 is 0 Å². The highest BCUT2D eigenvalue weighted by atomic mass is 32.1. The van der Waals surface area contributed by atoms with E-state index in [0.29, 0.717) is 4.88 Å². The first-order valence-corrected chi connectivity index (χ1v) is 5.08. The molecular formula is C9H9N3OS. The fraction of sp³-hybridized carbons (Fsp3) is 0.222. The molecule has 0 N–H and O–H groups in total. The number of imidazole rings is 1. The van der Waals surface area contributed by atoms with Crippen LogP contribution in [0, 0.1) is 0 Å². The summed E-state index contributed by atoms with van der Waals surface area (Å²) in [7, 11) is 0. The smallest absolute Gasteiger partial charge is 0.161 e. The van der Waals surface area contributed by atoms with Crippen LogP contribution in [0.1, 0.15) is 16.6 Å². The van der Waals surface area contributed by atoms with E-state index in [-0.39, 0.29) is 0 Å². The summed E-state index contributed by atoms with van der Waals surface area (Å²) in [6.07, 6.45) is 5.92. The third-order valence-corrected chi connectivity index (χ3v) is 2.86. The first-order valence-electron chi connectivity index (χ1n) is 4.26. The molecule has 0 bridgehead atoms. The lowest BCUT2D eigenvalue weighted by Gasteiger charge is -1.99. The number of nitrogens with zero attached hydrogens (tertiary/aromatic N) is 3. The van der Waals surface area contributed by atoms with Crippen LogP contribution in [0.3, 0.4) is 0 Å². The van der Waals surface area contributed by atoms with Crippen molar-refractivity contribution in [3.05, 3.63) is 23.6 Å². The van der Waals surface area contributed by atoms with Crippen molar-refractivity contribution in [1.29, 1.82) is 0 Å². The molecule has 72 valence electrons. The average molecular weight is 207 g/mol. The average Bonchev–Trinajstić information content (AvgIpc) is 2.85. The number of aldehydes is 1. The summed E-state index contributed by atoms with van der Waals surface area (Å²) in [5.41, 5.74) is 0.964. The minimum atomic E-state index is 0.642. The van der Waals surface area contributed by atoms with Gasteiger partial charge in [0.05, 0.1) is 23.1 Å². The highest BCUT2D eigenvalue weighted by molar-refractivity contribution is 7.16. The molecule has 0 aliphatic heterocycles. The molecule has 2 heterocycles. The van der Waals surface area contributed by atoms with E-state index in [1.807, 2.05) is 11.5 Å². The molecule has 2 rings (SSSR count). The van der Waals surface area contributed by atoms with Crippen LogP contribution >= 0.6 is 11.3 Å². The van der Waals surface area contributed by atoms with E-state index < -0.39 is 0 Å². The molecule has 0 aromatic carbocycles. The van der Waals surface area contributed by atoms with Crippen molar-refractivity contribution in [2.24, 2.45) is 0 Å². The zero-order valence-corrected chi connectivity index (χ0v) is 8.49. The van der Waals surface area contributed by atoms with Gasteiger partial charge in [0.25, 0.3) is 0 Å². The molecule has 0 saturated heterocycles. The lowest BCUT2D eigenvalue weighted by atomic mass is 10.5. The van der Waals surface area contributed by atoms with E-state index in [9.17, 15) is 4.79 Å². The van der Waals surface area contributed by atoms with E-state index in [1.54, 1.807) is 18.7 Å². The van der Waals surface area contributed by atoms with Crippen LogP contribution in [0.4, 0.5) is 0 Å². The van der Waals surface area contributed by atoms with Crippen LogP contribution in [-0.4, -0.2) is 20.8 Å². The second-order valence-electron chi connectivity index (χ2n) is 2.75. The first kappa shape index (κ1) is 9.08. The highest BCUT2D eigenvalue weighted by Gasteiger charge is 2.08. The third-order valence-electron chi connectivity index (χ3n) is 1.91. The van der Waals surface area contributed by atoms with Crippen LogP contribution in [0.15, 0.2) is 18.7 Å². The van der Waals surface area contributed by atoms with Gasteiger partial charge in [0.2, 0.25) is 0 Å². The summed E-state index contributed by atoms with van der Waals surface area (Å²) in [6, 6.07) is 0. The summed E-state index contributed by atoms with van der Waals surface area (Å²) in [5.74, 6) is 0. The van der Waals surface area contributed by atoms with Crippen molar-refractivity contribution in [2.75, 3.05) is 0 Å². The van der Waals surface area contributed by atoms with E-state index >= 15 is 0 Å². The predicted octanol–water partition coefficient (Wildman–Crippen LogP) is 1.84. The van der Waals surface area contributed by atoms with Gasteiger partial charge in [-0.1, -0.05) is 0 Å². The normalized spacial score (nSPS) is 10.4. The molecule has 0 atom stereocenters. The van der Waals surface area contributed by atoms with Gasteiger partial charge in [-0.2, -0.15) is 0 Å². The van der Waals surface area contributed by atoms with E-state index in [2.05, 4.69) is 9.97 Å². The summed E-state index contributed by atoms with van der Waals surface area (Å²) < 4.78 is 1.99. The van der Waals surface area contributed by atoms with Crippen LogP contribution in [0.2, 0.25) is 0 Å². The SMILES string of the molecule is CCn1cncc1-c1ncc(C=O)s1. The minimum Gasteiger partial charge on any atom is -0.329 e. The van der Waals surface area contributed by atoms with Crippen LogP contribution in [0.25, 0.3) is 10.7 Å². The molecular weight excluding hydrogens is 198 g/mol. The summed E-state index contributed by atoms with van der Waals surface area (Å²) in [4.78, 5) is 19.3. The number of carbonyl (C=O) groups is 1. The Hall–Kier alpha value is -1.49. The maximum atomic E-state index is 10.5. The van der Waals surface area contributed by atoms with Gasteiger partial charge in [0.15, 0.2) is 6.29 Å². The number of thiazole rings is 1. The number of rotatable bonds is 3. The minimum absolute atomic E-state index is 0.642. The molecule has 14 heavy (non-hydrogen) atoms. The molecule has 4 nitrogen and oxygen atoms in total. The van der Waals surface area contributed by atoms with Crippen molar-refractivity contribution < 1.29 is 4.79 Å². The van der Waals surface area contributed by atoms with Gasteiger partial charge in [-0.3, -0.25) is 4.79 Å². The van der Waals surface area contributed by atoms with Crippen molar-refractivity contribution in [3.8, 4) is 10.7 Å². The number of hydrogen-bond acceptors (Lipinski definition) is 4. The van der Waals surface area contributed by atoms with Crippen LogP contribution in [-0.2, 0) is 6.54 Å². The third kappa shape index (κ3) is 1.46. The van der Waals surface area contributed by atoms with Gasteiger partial charge in [0, 0.05) is 12.7 Å². The van der Waals surface area contributed by atoms with Gasteiger partial charge in [0.1, 0.15) is 5.01 Å². The number of aryl methyl sites for hydroxylation is 1. The van der Waals surface area contributed by atoms with Gasteiger partial charge in [-0.25, -0.2) is 9.97 Å². The molecule has 0 saturated carbocycles. The van der Waals surface area contributed by atoms with Gasteiger partial charge < -0.3 is 4.57 Å². The maximum absolute atomic E-state index is 10.5. The Kier molecular flexibility index (Phi) is 2.41. The molecule has 0 unspecified atom stereocenters. The fourth-order valence-corrected chi connectivity index (χ4v) is 1.97. The lowest BCUT2D eigenvalue weighted by molar-refractivity contribution is 0.112. The van der Waals surface area contributed by atoms with Crippen molar-refractivity contribution in [2.45, 2.75) is 13.5 Å². The zero-order valence-electron chi connectivity index (χ0n) is 7.67. The van der Waals surface area contributed by atoms with Gasteiger partial charge in [-0.05, 0) is 6.92 Å². The van der Waals surface area contributed by atoms with Crippen molar-refractivity contribution >= 4 is 17.6 Å². The summed E-state index contributed by atoms with van der Waals surface area (Å²) >= 11 is 1.38. The number of carbonyl (C=O) groups excluding carboxylic acids is 1. The monoisotopic (exact) mass is 207 g/mol. The molecule has 2 aromatic rings. The molecule has 0 radical (unpaired) electrons. The Bertz CT molecular complexity index is 446. The Morgan fingerprint density at radius 3 is 3.07 bits per heavy atom. The molecule has 0 spiro atoms. The quantitative estimate of drug-likeness (QED) is 0.721. The highest BCUT2D eigenvalue weighted by Crippen LogP contribution is 2.23. The van der Waals surface area contributed by atoms with Gasteiger partial charge in [-0.15, -0.1) is 11.3 Å². The zero-order chi connectivity index (χ0) is 9.97. The topological polar surface area (TPSA) is 47.8 Å². The van der Waals surface area contributed by atoms with E-state index in [0.717, 1.165) is 23.5 Å². The predicted molar refractivity (Wildman–Crippen MR) is 54.4 cm³/mol. The molecule has 5 heteroatoms. The van der Waals surface area contributed by atoms with Crippen LogP contribution in [0.5, 0.6) is 0 Å². The second kappa shape index (κ2) is 3.71. The lowest BCUT2D eigenvalue weighted by Crippen LogP contribution is -1.93. The van der Waals surface area contributed by atoms with E-state index in [1.165, 1.54) is 11.3 Å². The van der Waals surface area contributed by atoms with Crippen LogP contribution < -0.4 is 0 Å². The Labute approximate surface area is 85.2 Å². The van der Waals surface area contributed by atoms with Crippen molar-refractivity contribution in [1.82, 2.24) is 14.5 Å². The number of hydrogen-bond donors (Lipinski definition) is 0. The molecule has 0 fully saturated rings. The molecule has 2 aromatic heterocycles. The Balaban J connectivity index is 2.43. The molecule has 0 aliphatic carbocycles. The summed E-state index contributed by atoms with van der Waals surface area (Å²) in [6.45, 7) is 2.89. The fourth-order valence-electron chi connectivity index (χ4n) is 1.21. The molecule has 0 aliphatic rings. The molecule has 0 amide bonds. The second-order valence-corrected chi connectivity index (χ2v) is 3.81. The standard InChI is InChI=1S/C9H9N3OS/c1-2-12-6-10-4-8(12)9-11-3-7(5-13)14-9/h3-6H,2H2,1H3. The number of aromatic nitrogens is 3.